The Morgan fingerprint density at radius 1 is 0.812 bits per heavy atom. The number of fused-ring (bicyclic) bond motifs is 1. The summed E-state index contributed by atoms with van der Waals surface area (Å²) >= 11 is 2.92. The largest absolute Gasteiger partial charge is 0.492 e. The second-order valence-corrected chi connectivity index (χ2v) is 10.6. The van der Waals surface area contributed by atoms with E-state index in [9.17, 15) is 10.5 Å². The predicted octanol–water partition coefficient (Wildman–Crippen LogP) is 8.33. The highest BCUT2D eigenvalue weighted by atomic mass is 32.2. The zero-order valence-electron chi connectivity index (χ0n) is 19.9. The molecule has 0 amide bonds. The van der Waals surface area contributed by atoms with Crippen molar-refractivity contribution < 1.29 is 9.47 Å². The molecule has 0 saturated heterocycles. The van der Waals surface area contributed by atoms with Gasteiger partial charge in [0.25, 0.3) is 0 Å². The molecule has 1 aromatic rings. The highest BCUT2D eigenvalue weighted by Gasteiger charge is 2.29. The van der Waals surface area contributed by atoms with Crippen LogP contribution in [0.5, 0.6) is 11.5 Å². The number of rotatable bonds is 14. The van der Waals surface area contributed by atoms with E-state index in [1.54, 1.807) is 0 Å². The van der Waals surface area contributed by atoms with Crippen molar-refractivity contribution in [3.05, 3.63) is 21.9 Å². The van der Waals surface area contributed by atoms with Crippen molar-refractivity contribution in [2.24, 2.45) is 11.8 Å². The summed E-state index contributed by atoms with van der Waals surface area (Å²) in [7, 11) is 0. The Balaban J connectivity index is 2.24. The molecule has 0 radical (unpaired) electrons. The van der Waals surface area contributed by atoms with Gasteiger partial charge in [0.05, 0.1) is 27.2 Å². The third kappa shape index (κ3) is 7.39. The molecule has 2 atom stereocenters. The van der Waals surface area contributed by atoms with Crippen molar-refractivity contribution in [1.82, 2.24) is 0 Å². The number of nitriles is 2. The minimum atomic E-state index is 0.150. The predicted molar refractivity (Wildman–Crippen MR) is 134 cm³/mol. The van der Waals surface area contributed by atoms with E-state index in [1.807, 2.05) is 24.3 Å². The van der Waals surface area contributed by atoms with Crippen LogP contribution in [0.15, 0.2) is 31.7 Å². The average molecular weight is 473 g/mol. The van der Waals surface area contributed by atoms with Crippen LogP contribution in [0.4, 0.5) is 0 Å². The van der Waals surface area contributed by atoms with Gasteiger partial charge in [0.1, 0.15) is 29.2 Å². The van der Waals surface area contributed by atoms with Crippen LogP contribution in [0.25, 0.3) is 0 Å². The fourth-order valence-corrected chi connectivity index (χ4v) is 6.10. The maximum atomic E-state index is 9.37. The molecule has 1 heterocycles. The maximum absolute atomic E-state index is 9.37. The number of nitrogens with zero attached hydrogens (tertiary/aromatic N) is 2. The van der Waals surface area contributed by atoms with Gasteiger partial charge < -0.3 is 9.47 Å². The van der Waals surface area contributed by atoms with Gasteiger partial charge in [-0.05, 0) is 36.8 Å². The van der Waals surface area contributed by atoms with E-state index in [1.165, 1.54) is 62.0 Å². The zero-order valence-corrected chi connectivity index (χ0v) is 21.5. The van der Waals surface area contributed by atoms with Crippen LogP contribution in [-0.4, -0.2) is 13.2 Å². The van der Waals surface area contributed by atoms with Gasteiger partial charge in [0.2, 0.25) is 0 Å². The van der Waals surface area contributed by atoms with Gasteiger partial charge in [-0.3, -0.25) is 0 Å². The lowest BCUT2D eigenvalue weighted by molar-refractivity contribution is 0.219. The summed E-state index contributed by atoms with van der Waals surface area (Å²) in [5, 5.41) is 18.7. The zero-order chi connectivity index (χ0) is 23.3. The van der Waals surface area contributed by atoms with E-state index >= 15 is 0 Å². The molecule has 0 aliphatic carbocycles. The van der Waals surface area contributed by atoms with E-state index in [2.05, 4.69) is 27.7 Å². The molecule has 0 fully saturated rings. The molecule has 32 heavy (non-hydrogen) atoms. The molecule has 0 bridgehead atoms. The second kappa shape index (κ2) is 14.4. The van der Waals surface area contributed by atoms with Gasteiger partial charge >= 0.3 is 0 Å². The topological polar surface area (TPSA) is 66.0 Å². The van der Waals surface area contributed by atoms with Crippen molar-refractivity contribution in [3.8, 4) is 23.6 Å². The van der Waals surface area contributed by atoms with Crippen molar-refractivity contribution in [2.45, 2.75) is 88.9 Å². The number of benzene rings is 1. The lowest BCUT2D eigenvalue weighted by Gasteiger charge is -2.19. The molecule has 1 aliphatic heterocycles. The summed E-state index contributed by atoms with van der Waals surface area (Å²) in [4.78, 5) is 1.94. The molecule has 0 saturated carbocycles. The average Bonchev–Trinajstić information content (AvgIpc) is 3.26. The van der Waals surface area contributed by atoms with Crippen molar-refractivity contribution in [1.29, 1.82) is 10.5 Å². The summed E-state index contributed by atoms with van der Waals surface area (Å²) in [6.45, 7) is 10.2. The van der Waals surface area contributed by atoms with Crippen LogP contribution in [0, 0.1) is 34.5 Å². The molecular formula is C26H36N2O2S2. The van der Waals surface area contributed by atoms with E-state index in [0.29, 0.717) is 29.3 Å². The number of unbranched alkanes of at least 4 members (excludes halogenated alkanes) is 2. The molecule has 2 rings (SSSR count). The van der Waals surface area contributed by atoms with Gasteiger partial charge in [-0.2, -0.15) is 10.5 Å². The van der Waals surface area contributed by atoms with E-state index in [0.717, 1.165) is 34.1 Å². The van der Waals surface area contributed by atoms with Crippen LogP contribution in [0.1, 0.15) is 79.1 Å². The first-order chi connectivity index (χ1) is 15.6. The van der Waals surface area contributed by atoms with Gasteiger partial charge in [0, 0.05) is 0 Å². The monoisotopic (exact) mass is 472 g/mol. The van der Waals surface area contributed by atoms with Crippen LogP contribution in [0.3, 0.4) is 0 Å². The number of allylic oxidation sites excluding steroid dienone is 1. The highest BCUT2D eigenvalue weighted by molar-refractivity contribution is 8.24. The quantitative estimate of drug-likeness (QED) is 0.253. The molecule has 1 aromatic carbocycles. The molecule has 2 unspecified atom stereocenters. The second-order valence-electron chi connectivity index (χ2n) is 8.27. The maximum Gasteiger partial charge on any atom is 0.150 e. The van der Waals surface area contributed by atoms with E-state index in [-0.39, 0.29) is 5.57 Å². The molecule has 174 valence electrons. The molecule has 0 aromatic heterocycles. The summed E-state index contributed by atoms with van der Waals surface area (Å²) < 4.78 is 13.3. The first-order valence-electron chi connectivity index (χ1n) is 11.9. The van der Waals surface area contributed by atoms with Crippen LogP contribution < -0.4 is 9.47 Å². The molecule has 0 N–H and O–H groups in total. The summed E-state index contributed by atoms with van der Waals surface area (Å²) in [6, 6.07) is 8.03. The van der Waals surface area contributed by atoms with Crippen LogP contribution >= 0.6 is 23.5 Å². The normalized spacial score (nSPS) is 14.2. The Morgan fingerprint density at radius 3 is 1.59 bits per heavy atom. The first kappa shape index (κ1) is 26.5. The molecule has 4 nitrogen and oxygen atoms in total. The fraction of sp³-hybridized carbons (Fsp3) is 0.615. The number of hydrogen-bond acceptors (Lipinski definition) is 6. The summed E-state index contributed by atoms with van der Waals surface area (Å²) in [5.41, 5.74) is 0.150. The minimum absolute atomic E-state index is 0.150. The Labute approximate surface area is 202 Å². The number of hydrogen-bond donors (Lipinski definition) is 0. The van der Waals surface area contributed by atoms with Crippen LogP contribution in [0.2, 0.25) is 0 Å². The molecule has 1 aliphatic rings. The van der Waals surface area contributed by atoms with Gasteiger partial charge in [0.15, 0.2) is 0 Å². The third-order valence-electron chi connectivity index (χ3n) is 5.89. The third-order valence-corrected chi connectivity index (χ3v) is 8.52. The van der Waals surface area contributed by atoms with Gasteiger partial charge in [-0.25, -0.2) is 0 Å². The van der Waals surface area contributed by atoms with Crippen LogP contribution in [-0.2, 0) is 0 Å². The highest BCUT2D eigenvalue weighted by Crippen LogP contribution is 2.58. The van der Waals surface area contributed by atoms with E-state index < -0.39 is 0 Å². The molecular weight excluding hydrogens is 436 g/mol. The number of ether oxygens (including phenoxy) is 2. The minimum Gasteiger partial charge on any atom is -0.492 e. The lowest BCUT2D eigenvalue weighted by Crippen LogP contribution is -2.13. The molecule has 0 spiro atoms. The Hall–Kier alpha value is -1.76. The lowest BCUT2D eigenvalue weighted by atomic mass is 10.0. The van der Waals surface area contributed by atoms with Crippen molar-refractivity contribution >= 4 is 23.5 Å². The van der Waals surface area contributed by atoms with Crippen molar-refractivity contribution in [2.75, 3.05) is 13.2 Å². The Kier molecular flexibility index (Phi) is 11.9. The fourth-order valence-electron chi connectivity index (χ4n) is 3.58. The Morgan fingerprint density at radius 2 is 1.25 bits per heavy atom. The van der Waals surface area contributed by atoms with E-state index in [4.69, 9.17) is 9.47 Å². The standard InChI is InChI=1S/C26H36N2O2S2/c1-5-9-11-19(7-3)17-29-22-13-14-23(30-18-20(8-4)12-10-6-2)25-24(22)31-26(32-25)21(15-27)16-28/h13-14,19-20H,5-12,17-18H2,1-4H3. The summed E-state index contributed by atoms with van der Waals surface area (Å²) in [5.74, 6) is 2.72. The summed E-state index contributed by atoms with van der Waals surface area (Å²) in [6.07, 6.45) is 9.36. The first-order valence-corrected chi connectivity index (χ1v) is 13.6. The van der Waals surface area contributed by atoms with Crippen molar-refractivity contribution in [3.63, 3.8) is 0 Å². The smallest absolute Gasteiger partial charge is 0.150 e. The molecule has 6 heteroatoms. The van der Waals surface area contributed by atoms with Gasteiger partial charge in [-0.1, -0.05) is 89.7 Å². The Bertz CT molecular complexity index is 788. The number of thioether (sulfide) groups is 2. The SMILES string of the molecule is CCCCC(CC)COc1ccc(OCC(CC)CCCC)c2c1SC(=C(C#N)C#N)S2. The van der Waals surface area contributed by atoms with Gasteiger partial charge in [-0.15, -0.1) is 0 Å².